The van der Waals surface area contributed by atoms with Crippen molar-refractivity contribution in [1.82, 2.24) is 4.90 Å². The Kier molecular flexibility index (Phi) is 5.53. The molecular formula is C25H24N2O3. The smallest absolute Gasteiger partial charge is 0.229 e. The fourth-order valence-electron chi connectivity index (χ4n) is 3.80. The van der Waals surface area contributed by atoms with E-state index in [-0.39, 0.29) is 24.3 Å². The number of furan rings is 1. The second kappa shape index (κ2) is 8.41. The Hall–Kier alpha value is -3.60. The lowest BCUT2D eigenvalue weighted by molar-refractivity contribution is -0.129. The van der Waals surface area contributed by atoms with E-state index in [9.17, 15) is 9.59 Å². The van der Waals surface area contributed by atoms with Gasteiger partial charge in [0.15, 0.2) is 0 Å². The summed E-state index contributed by atoms with van der Waals surface area (Å²) in [5.41, 5.74) is 3.93. The normalized spacial score (nSPS) is 15.0. The van der Waals surface area contributed by atoms with Gasteiger partial charge in [-0.2, -0.15) is 0 Å². The van der Waals surface area contributed by atoms with Gasteiger partial charge in [0, 0.05) is 18.8 Å². The maximum Gasteiger partial charge on any atom is 0.229 e. The molecule has 2 aromatic carbocycles. The van der Waals surface area contributed by atoms with Gasteiger partial charge in [0.25, 0.3) is 0 Å². The number of anilines is 1. The molecule has 0 radical (unpaired) electrons. The molecule has 1 aromatic heterocycles. The van der Waals surface area contributed by atoms with Gasteiger partial charge in [-0.25, -0.2) is 0 Å². The van der Waals surface area contributed by atoms with Crippen LogP contribution in [0.5, 0.6) is 0 Å². The monoisotopic (exact) mass is 400 g/mol. The molecule has 5 nitrogen and oxygen atoms in total. The Bertz CT molecular complexity index is 1070. The van der Waals surface area contributed by atoms with Gasteiger partial charge >= 0.3 is 0 Å². The van der Waals surface area contributed by atoms with Gasteiger partial charge < -0.3 is 14.2 Å². The van der Waals surface area contributed by atoms with E-state index in [1.165, 1.54) is 6.92 Å². The van der Waals surface area contributed by atoms with Crippen LogP contribution in [0.1, 0.15) is 41.8 Å². The first-order valence-electron chi connectivity index (χ1n) is 9.98. The van der Waals surface area contributed by atoms with Gasteiger partial charge in [-0.1, -0.05) is 42.0 Å². The molecule has 2 amide bonds. The summed E-state index contributed by atoms with van der Waals surface area (Å²) >= 11 is 0. The number of fused-ring (bicyclic) bond motifs is 1. The molecule has 5 heteroatoms. The van der Waals surface area contributed by atoms with Crippen LogP contribution >= 0.6 is 0 Å². The summed E-state index contributed by atoms with van der Waals surface area (Å²) in [5.74, 6) is 0.541. The third kappa shape index (κ3) is 4.06. The van der Waals surface area contributed by atoms with Gasteiger partial charge in [-0.15, -0.1) is 0 Å². The highest BCUT2D eigenvalue weighted by atomic mass is 16.3. The van der Waals surface area contributed by atoms with Gasteiger partial charge in [-0.05, 0) is 48.4 Å². The van der Waals surface area contributed by atoms with Gasteiger partial charge in [0.1, 0.15) is 5.76 Å². The zero-order valence-electron chi connectivity index (χ0n) is 17.1. The molecule has 30 heavy (non-hydrogen) atoms. The SMILES string of the molecule is CC(=O)N1C=Cc2ccccc2[C@@H]1CC(=O)N(Cc1ccco1)c1ccc(C)cc1. The molecule has 0 bridgehead atoms. The van der Waals surface area contributed by atoms with Gasteiger partial charge in [0.05, 0.1) is 25.3 Å². The molecule has 3 aromatic rings. The summed E-state index contributed by atoms with van der Waals surface area (Å²) in [7, 11) is 0. The van der Waals surface area contributed by atoms with E-state index in [1.54, 1.807) is 22.3 Å². The first-order valence-corrected chi connectivity index (χ1v) is 9.98. The Labute approximate surface area is 176 Å². The summed E-state index contributed by atoms with van der Waals surface area (Å²) in [6.45, 7) is 3.87. The van der Waals surface area contributed by atoms with Crippen LogP contribution in [0.4, 0.5) is 5.69 Å². The molecule has 1 aliphatic heterocycles. The Morgan fingerprint density at radius 2 is 1.80 bits per heavy atom. The lowest BCUT2D eigenvalue weighted by atomic mass is 9.93. The summed E-state index contributed by atoms with van der Waals surface area (Å²) in [6.07, 6.45) is 5.46. The average molecular weight is 400 g/mol. The van der Waals surface area contributed by atoms with Crippen molar-refractivity contribution in [2.75, 3.05) is 4.90 Å². The third-order valence-electron chi connectivity index (χ3n) is 5.38. The highest BCUT2D eigenvalue weighted by Crippen LogP contribution is 2.34. The van der Waals surface area contributed by atoms with Crippen molar-refractivity contribution in [3.05, 3.63) is 95.6 Å². The predicted octanol–water partition coefficient (Wildman–Crippen LogP) is 5.09. The maximum atomic E-state index is 13.5. The Morgan fingerprint density at radius 1 is 1.03 bits per heavy atom. The lowest BCUT2D eigenvalue weighted by Gasteiger charge is -2.34. The number of hydrogen-bond donors (Lipinski definition) is 0. The molecule has 0 aliphatic carbocycles. The van der Waals surface area contributed by atoms with Crippen molar-refractivity contribution >= 4 is 23.6 Å². The molecule has 1 aliphatic rings. The number of hydrogen-bond acceptors (Lipinski definition) is 3. The topological polar surface area (TPSA) is 53.8 Å². The number of carbonyl (C=O) groups is 2. The first kappa shape index (κ1) is 19.7. The number of aryl methyl sites for hydroxylation is 1. The molecule has 0 saturated heterocycles. The highest BCUT2D eigenvalue weighted by molar-refractivity contribution is 5.94. The van der Waals surface area contributed by atoms with Gasteiger partial charge in [0.2, 0.25) is 11.8 Å². The van der Waals surface area contributed by atoms with Crippen LogP contribution in [-0.4, -0.2) is 16.7 Å². The molecular weight excluding hydrogens is 376 g/mol. The summed E-state index contributed by atoms with van der Waals surface area (Å²) in [4.78, 5) is 29.2. The van der Waals surface area contributed by atoms with Crippen molar-refractivity contribution in [2.45, 2.75) is 32.9 Å². The minimum absolute atomic E-state index is 0.0726. The zero-order valence-corrected chi connectivity index (χ0v) is 17.1. The number of benzene rings is 2. The molecule has 0 spiro atoms. The number of nitrogens with zero attached hydrogens (tertiary/aromatic N) is 2. The Morgan fingerprint density at radius 3 is 2.50 bits per heavy atom. The van der Waals surface area contributed by atoms with Crippen LogP contribution in [0.25, 0.3) is 6.08 Å². The van der Waals surface area contributed by atoms with E-state index in [0.717, 1.165) is 22.4 Å². The Balaban J connectivity index is 1.66. The van der Waals surface area contributed by atoms with Crippen molar-refractivity contribution < 1.29 is 14.0 Å². The largest absolute Gasteiger partial charge is 0.467 e. The minimum Gasteiger partial charge on any atom is -0.467 e. The van der Waals surface area contributed by atoms with E-state index in [4.69, 9.17) is 4.42 Å². The quantitative estimate of drug-likeness (QED) is 0.600. The minimum atomic E-state index is -0.347. The molecule has 0 saturated carbocycles. The molecule has 2 heterocycles. The van der Waals surface area contributed by atoms with Crippen molar-refractivity contribution in [3.63, 3.8) is 0 Å². The fourth-order valence-corrected chi connectivity index (χ4v) is 3.80. The van der Waals surface area contributed by atoms with Crippen LogP contribution in [0.3, 0.4) is 0 Å². The van der Waals surface area contributed by atoms with E-state index < -0.39 is 0 Å². The number of rotatable bonds is 5. The van der Waals surface area contributed by atoms with Crippen LogP contribution in [0, 0.1) is 6.92 Å². The summed E-state index contributed by atoms with van der Waals surface area (Å²) in [6, 6.07) is 19.0. The van der Waals surface area contributed by atoms with Crippen LogP contribution in [-0.2, 0) is 16.1 Å². The summed E-state index contributed by atoms with van der Waals surface area (Å²) < 4.78 is 5.50. The van der Waals surface area contributed by atoms with Gasteiger partial charge in [-0.3, -0.25) is 9.59 Å². The van der Waals surface area contributed by atoms with E-state index in [0.29, 0.717) is 12.3 Å². The van der Waals surface area contributed by atoms with Crippen molar-refractivity contribution in [2.24, 2.45) is 0 Å². The maximum absolute atomic E-state index is 13.5. The molecule has 4 rings (SSSR count). The van der Waals surface area contributed by atoms with E-state index in [1.807, 2.05) is 73.7 Å². The zero-order chi connectivity index (χ0) is 21.1. The van der Waals surface area contributed by atoms with Crippen molar-refractivity contribution in [3.8, 4) is 0 Å². The van der Waals surface area contributed by atoms with E-state index >= 15 is 0 Å². The summed E-state index contributed by atoms with van der Waals surface area (Å²) in [5, 5.41) is 0. The van der Waals surface area contributed by atoms with Crippen LogP contribution in [0.15, 0.2) is 77.5 Å². The standard InChI is InChI=1S/C25H24N2O3/c1-18-9-11-21(12-10-18)27(17-22-7-5-15-30-22)25(29)16-24-23-8-4-3-6-20(23)13-14-26(24)19(2)28/h3-15,24H,16-17H2,1-2H3/t24-/m0/s1. The van der Waals surface area contributed by atoms with Crippen LogP contribution < -0.4 is 4.90 Å². The van der Waals surface area contributed by atoms with Crippen LogP contribution in [0.2, 0.25) is 0 Å². The second-order valence-corrected chi connectivity index (χ2v) is 7.49. The average Bonchev–Trinajstić information content (AvgIpc) is 3.26. The number of carbonyl (C=O) groups excluding carboxylic acids is 2. The van der Waals surface area contributed by atoms with E-state index in [2.05, 4.69) is 0 Å². The molecule has 0 N–H and O–H groups in total. The number of amides is 2. The second-order valence-electron chi connectivity index (χ2n) is 7.49. The molecule has 0 unspecified atom stereocenters. The molecule has 1 atom stereocenters. The first-order chi connectivity index (χ1) is 14.5. The lowest BCUT2D eigenvalue weighted by Crippen LogP contribution is -2.37. The third-order valence-corrected chi connectivity index (χ3v) is 5.38. The molecule has 152 valence electrons. The predicted molar refractivity (Wildman–Crippen MR) is 116 cm³/mol. The molecule has 0 fully saturated rings. The fraction of sp³-hybridized carbons (Fsp3) is 0.200. The highest BCUT2D eigenvalue weighted by Gasteiger charge is 2.30. The van der Waals surface area contributed by atoms with Crippen molar-refractivity contribution in [1.29, 1.82) is 0 Å².